The van der Waals surface area contributed by atoms with E-state index < -0.39 is 6.10 Å². The Hall–Kier alpha value is -2.44. The third-order valence-corrected chi connectivity index (χ3v) is 3.84. The highest BCUT2D eigenvalue weighted by Gasteiger charge is 2.28. The number of piperazine rings is 1. The Morgan fingerprint density at radius 2 is 1.58 bits per heavy atom. The molecule has 1 aliphatic rings. The van der Waals surface area contributed by atoms with Crippen LogP contribution in [0.5, 0.6) is 11.5 Å². The highest BCUT2D eigenvalue weighted by Crippen LogP contribution is 2.19. The van der Waals surface area contributed by atoms with Gasteiger partial charge in [0, 0.05) is 26.2 Å². The van der Waals surface area contributed by atoms with E-state index in [2.05, 4.69) is 0 Å². The van der Waals surface area contributed by atoms with Crippen molar-refractivity contribution in [3.05, 3.63) is 24.3 Å². The summed E-state index contributed by atoms with van der Waals surface area (Å²) in [5.41, 5.74) is 0. The third-order valence-electron chi connectivity index (χ3n) is 3.84. The summed E-state index contributed by atoms with van der Waals surface area (Å²) < 4.78 is 15.8. The molecule has 1 fully saturated rings. The first-order valence-corrected chi connectivity index (χ1v) is 8.06. The number of amides is 2. The first-order valence-electron chi connectivity index (χ1n) is 8.06. The fraction of sp³-hybridized carbons (Fsp3) is 0.529. The van der Waals surface area contributed by atoms with Crippen molar-refractivity contribution in [1.29, 1.82) is 0 Å². The van der Waals surface area contributed by atoms with Crippen molar-refractivity contribution in [3.8, 4) is 11.5 Å². The third kappa shape index (κ3) is 4.53. The van der Waals surface area contributed by atoms with E-state index in [4.69, 9.17) is 14.2 Å². The summed E-state index contributed by atoms with van der Waals surface area (Å²) in [5.74, 6) is 1.26. The molecule has 2 rings (SSSR count). The van der Waals surface area contributed by atoms with Crippen LogP contribution in [0.15, 0.2) is 24.3 Å². The Balaban J connectivity index is 1.84. The number of benzene rings is 1. The van der Waals surface area contributed by atoms with Gasteiger partial charge in [-0.25, -0.2) is 4.79 Å². The molecule has 1 aromatic carbocycles. The Morgan fingerprint density at radius 3 is 2.12 bits per heavy atom. The van der Waals surface area contributed by atoms with E-state index in [1.54, 1.807) is 55.0 Å². The highest BCUT2D eigenvalue weighted by atomic mass is 16.6. The number of ether oxygens (including phenoxy) is 3. The number of hydrogen-bond acceptors (Lipinski definition) is 5. The minimum Gasteiger partial charge on any atom is -0.497 e. The van der Waals surface area contributed by atoms with Crippen molar-refractivity contribution in [2.24, 2.45) is 0 Å². The second-order valence-electron chi connectivity index (χ2n) is 5.45. The van der Waals surface area contributed by atoms with Gasteiger partial charge in [-0.15, -0.1) is 0 Å². The van der Waals surface area contributed by atoms with E-state index in [0.29, 0.717) is 38.5 Å². The van der Waals surface area contributed by atoms with Gasteiger partial charge in [0.05, 0.1) is 13.7 Å². The molecule has 1 aromatic rings. The van der Waals surface area contributed by atoms with Gasteiger partial charge in [-0.2, -0.15) is 0 Å². The lowest BCUT2D eigenvalue weighted by atomic mass is 10.2. The molecular formula is C17H24N2O5. The molecule has 7 nitrogen and oxygen atoms in total. The predicted octanol–water partition coefficient (Wildman–Crippen LogP) is 1.76. The average molecular weight is 336 g/mol. The molecule has 1 saturated heterocycles. The van der Waals surface area contributed by atoms with Crippen molar-refractivity contribution in [2.75, 3.05) is 39.9 Å². The molecule has 7 heteroatoms. The zero-order valence-corrected chi connectivity index (χ0v) is 14.4. The lowest BCUT2D eigenvalue weighted by molar-refractivity contribution is -0.139. The number of rotatable bonds is 5. The molecule has 0 saturated carbocycles. The van der Waals surface area contributed by atoms with Crippen LogP contribution in [0.1, 0.15) is 13.8 Å². The molecule has 0 aromatic heterocycles. The smallest absolute Gasteiger partial charge is 0.409 e. The summed E-state index contributed by atoms with van der Waals surface area (Å²) in [5, 5.41) is 0. The van der Waals surface area contributed by atoms with Crippen molar-refractivity contribution >= 4 is 12.0 Å². The van der Waals surface area contributed by atoms with Crippen molar-refractivity contribution in [2.45, 2.75) is 20.0 Å². The second-order valence-corrected chi connectivity index (χ2v) is 5.45. The molecule has 1 heterocycles. The van der Waals surface area contributed by atoms with Gasteiger partial charge in [0.15, 0.2) is 6.10 Å². The molecule has 1 aliphatic heterocycles. The van der Waals surface area contributed by atoms with Gasteiger partial charge in [0.25, 0.3) is 5.91 Å². The van der Waals surface area contributed by atoms with E-state index >= 15 is 0 Å². The van der Waals surface area contributed by atoms with Crippen LogP contribution in [0.3, 0.4) is 0 Å². The van der Waals surface area contributed by atoms with E-state index in [1.165, 1.54) is 0 Å². The van der Waals surface area contributed by atoms with Crippen LogP contribution in [0, 0.1) is 0 Å². The largest absolute Gasteiger partial charge is 0.497 e. The van der Waals surface area contributed by atoms with Crippen LogP contribution >= 0.6 is 0 Å². The maximum absolute atomic E-state index is 12.5. The van der Waals surface area contributed by atoms with Crippen LogP contribution in [-0.4, -0.2) is 67.8 Å². The Labute approximate surface area is 142 Å². The van der Waals surface area contributed by atoms with Crippen molar-refractivity contribution in [1.82, 2.24) is 9.80 Å². The van der Waals surface area contributed by atoms with E-state index in [-0.39, 0.29) is 12.0 Å². The summed E-state index contributed by atoms with van der Waals surface area (Å²) in [6.45, 7) is 5.76. The number of hydrogen-bond donors (Lipinski definition) is 0. The zero-order chi connectivity index (χ0) is 17.5. The van der Waals surface area contributed by atoms with Crippen molar-refractivity contribution in [3.63, 3.8) is 0 Å². The maximum Gasteiger partial charge on any atom is 0.409 e. The summed E-state index contributed by atoms with van der Waals surface area (Å²) in [6.07, 6.45) is -0.917. The molecular weight excluding hydrogens is 312 g/mol. The number of carbonyl (C=O) groups excluding carboxylic acids is 2. The minimum atomic E-state index is -0.590. The maximum atomic E-state index is 12.5. The minimum absolute atomic E-state index is 0.0886. The topological polar surface area (TPSA) is 68.3 Å². The highest BCUT2D eigenvalue weighted by molar-refractivity contribution is 5.81. The summed E-state index contributed by atoms with van der Waals surface area (Å²) in [6, 6.07) is 7.10. The van der Waals surface area contributed by atoms with Crippen LogP contribution < -0.4 is 9.47 Å². The first-order chi connectivity index (χ1) is 11.5. The predicted molar refractivity (Wildman–Crippen MR) is 88.3 cm³/mol. The summed E-state index contributed by atoms with van der Waals surface area (Å²) in [7, 11) is 1.60. The van der Waals surface area contributed by atoms with Gasteiger partial charge >= 0.3 is 6.09 Å². The monoisotopic (exact) mass is 336 g/mol. The molecule has 1 unspecified atom stereocenters. The van der Waals surface area contributed by atoms with E-state index in [9.17, 15) is 9.59 Å². The van der Waals surface area contributed by atoms with Crippen LogP contribution in [0.4, 0.5) is 4.79 Å². The fourth-order valence-corrected chi connectivity index (χ4v) is 2.49. The quantitative estimate of drug-likeness (QED) is 0.820. The van der Waals surface area contributed by atoms with Gasteiger partial charge in [0.2, 0.25) is 0 Å². The van der Waals surface area contributed by atoms with Gasteiger partial charge < -0.3 is 24.0 Å². The fourth-order valence-electron chi connectivity index (χ4n) is 2.49. The van der Waals surface area contributed by atoms with Gasteiger partial charge in [0.1, 0.15) is 11.5 Å². The van der Waals surface area contributed by atoms with Crippen molar-refractivity contribution < 1.29 is 23.8 Å². The Bertz CT molecular complexity index is 553. The molecule has 0 radical (unpaired) electrons. The molecule has 0 aliphatic carbocycles. The SMILES string of the molecule is CCOC(=O)N1CCN(C(=O)C(C)Oc2ccc(OC)cc2)CC1. The van der Waals surface area contributed by atoms with Gasteiger partial charge in [-0.3, -0.25) is 4.79 Å². The lowest BCUT2D eigenvalue weighted by Crippen LogP contribution is -2.53. The molecule has 24 heavy (non-hydrogen) atoms. The second kappa shape index (κ2) is 8.42. The lowest BCUT2D eigenvalue weighted by Gasteiger charge is -2.35. The average Bonchev–Trinajstić information content (AvgIpc) is 2.62. The van der Waals surface area contributed by atoms with Crippen LogP contribution in [0.25, 0.3) is 0 Å². The molecule has 2 amide bonds. The Kier molecular flexibility index (Phi) is 6.28. The molecule has 0 spiro atoms. The van der Waals surface area contributed by atoms with Crippen LogP contribution in [0.2, 0.25) is 0 Å². The zero-order valence-electron chi connectivity index (χ0n) is 14.4. The Morgan fingerprint density at radius 1 is 1.04 bits per heavy atom. The number of carbonyl (C=O) groups is 2. The molecule has 132 valence electrons. The van der Waals surface area contributed by atoms with E-state index in [1.807, 2.05) is 0 Å². The molecule has 0 bridgehead atoms. The molecule has 1 atom stereocenters. The number of methoxy groups -OCH3 is 1. The summed E-state index contributed by atoms with van der Waals surface area (Å²) in [4.78, 5) is 27.5. The first kappa shape index (κ1) is 17.9. The number of nitrogens with zero attached hydrogens (tertiary/aromatic N) is 2. The normalized spacial score (nSPS) is 15.6. The standard InChI is InChI=1S/C17H24N2O5/c1-4-23-17(21)19-11-9-18(10-12-19)16(20)13(2)24-15-7-5-14(22-3)6-8-15/h5-8,13H,4,9-12H2,1-3H3. The van der Waals surface area contributed by atoms with Gasteiger partial charge in [-0.1, -0.05) is 0 Å². The van der Waals surface area contributed by atoms with Crippen LogP contribution in [-0.2, 0) is 9.53 Å². The molecule has 0 N–H and O–H groups in total. The summed E-state index contributed by atoms with van der Waals surface area (Å²) >= 11 is 0. The van der Waals surface area contributed by atoms with E-state index in [0.717, 1.165) is 5.75 Å². The van der Waals surface area contributed by atoms with Gasteiger partial charge in [-0.05, 0) is 38.1 Å².